The number of rotatable bonds is 4. The summed E-state index contributed by atoms with van der Waals surface area (Å²) in [7, 11) is 0. The molecule has 1 saturated carbocycles. The second kappa shape index (κ2) is 4.57. The summed E-state index contributed by atoms with van der Waals surface area (Å²) in [5, 5.41) is 13.6. The monoisotopic (exact) mass is 268 g/mol. The zero-order chi connectivity index (χ0) is 13.3. The predicted molar refractivity (Wildman–Crippen MR) is 68.0 cm³/mol. The molecule has 6 heteroatoms. The predicted octanol–water partition coefficient (Wildman–Crippen LogP) is 2.40. The van der Waals surface area contributed by atoms with E-state index in [1.54, 1.807) is 13.0 Å². The Morgan fingerprint density at radius 1 is 1.56 bits per heavy atom. The summed E-state index contributed by atoms with van der Waals surface area (Å²) in [6.45, 7) is 1.58. The summed E-state index contributed by atoms with van der Waals surface area (Å²) in [6, 6.07) is 4.49. The highest BCUT2D eigenvalue weighted by molar-refractivity contribution is 6.19. The van der Waals surface area contributed by atoms with Crippen molar-refractivity contribution in [3.8, 4) is 0 Å². The SMILES string of the molecule is Cc1c(C(=O)NC2(CCl)CC2)cccc1[N+](=O)[O-]. The first-order valence-corrected chi connectivity index (χ1v) is 6.15. The van der Waals surface area contributed by atoms with Crippen molar-refractivity contribution in [1.82, 2.24) is 5.32 Å². The van der Waals surface area contributed by atoms with Crippen molar-refractivity contribution in [2.24, 2.45) is 0 Å². The van der Waals surface area contributed by atoms with Crippen LogP contribution in [0.5, 0.6) is 0 Å². The van der Waals surface area contributed by atoms with E-state index >= 15 is 0 Å². The molecule has 1 aliphatic rings. The average molecular weight is 269 g/mol. The Labute approximate surface area is 109 Å². The Bertz CT molecular complexity index is 512. The molecule has 0 atom stereocenters. The fourth-order valence-electron chi connectivity index (χ4n) is 1.82. The number of nitro groups is 1. The highest BCUT2D eigenvalue weighted by atomic mass is 35.5. The molecule has 0 radical (unpaired) electrons. The quantitative estimate of drug-likeness (QED) is 0.518. The number of carbonyl (C=O) groups excluding carboxylic acids is 1. The zero-order valence-corrected chi connectivity index (χ0v) is 10.7. The number of hydrogen-bond donors (Lipinski definition) is 1. The molecule has 1 aromatic carbocycles. The molecule has 0 heterocycles. The maximum Gasteiger partial charge on any atom is 0.273 e. The fourth-order valence-corrected chi connectivity index (χ4v) is 2.15. The first-order valence-electron chi connectivity index (χ1n) is 5.61. The molecule has 96 valence electrons. The van der Waals surface area contributed by atoms with Crippen LogP contribution in [0.15, 0.2) is 18.2 Å². The number of amides is 1. The molecule has 1 fully saturated rings. The van der Waals surface area contributed by atoms with Gasteiger partial charge in [0.05, 0.1) is 10.5 Å². The van der Waals surface area contributed by atoms with Crippen LogP contribution in [0, 0.1) is 17.0 Å². The summed E-state index contributed by atoms with van der Waals surface area (Å²) in [5.41, 5.74) is 0.361. The normalized spacial score (nSPS) is 16.1. The van der Waals surface area contributed by atoms with Crippen LogP contribution in [0.2, 0.25) is 0 Å². The number of hydrogen-bond acceptors (Lipinski definition) is 3. The van der Waals surface area contributed by atoms with E-state index < -0.39 is 4.92 Å². The van der Waals surface area contributed by atoms with Crippen molar-refractivity contribution in [1.29, 1.82) is 0 Å². The number of nitrogens with one attached hydrogen (secondary N) is 1. The molecule has 2 rings (SSSR count). The molecule has 18 heavy (non-hydrogen) atoms. The van der Waals surface area contributed by atoms with Crippen LogP contribution in [0.1, 0.15) is 28.8 Å². The lowest BCUT2D eigenvalue weighted by molar-refractivity contribution is -0.385. The molecule has 0 saturated heterocycles. The van der Waals surface area contributed by atoms with E-state index in [9.17, 15) is 14.9 Å². The highest BCUT2D eigenvalue weighted by Crippen LogP contribution is 2.36. The summed E-state index contributed by atoms with van der Waals surface area (Å²) >= 11 is 5.79. The highest BCUT2D eigenvalue weighted by Gasteiger charge is 2.43. The number of carbonyl (C=O) groups is 1. The van der Waals surface area contributed by atoms with E-state index in [1.807, 2.05) is 0 Å². The van der Waals surface area contributed by atoms with Crippen LogP contribution in [-0.4, -0.2) is 22.2 Å². The molecule has 5 nitrogen and oxygen atoms in total. The van der Waals surface area contributed by atoms with E-state index in [0.717, 1.165) is 12.8 Å². The van der Waals surface area contributed by atoms with Crippen LogP contribution in [0.25, 0.3) is 0 Å². The van der Waals surface area contributed by atoms with E-state index in [-0.39, 0.29) is 17.1 Å². The van der Waals surface area contributed by atoms with E-state index in [2.05, 4.69) is 5.32 Å². The van der Waals surface area contributed by atoms with E-state index in [1.165, 1.54) is 12.1 Å². The largest absolute Gasteiger partial charge is 0.345 e. The van der Waals surface area contributed by atoms with Crippen LogP contribution < -0.4 is 5.32 Å². The molecular weight excluding hydrogens is 256 g/mol. The molecule has 0 spiro atoms. The van der Waals surface area contributed by atoms with Crippen molar-refractivity contribution in [3.05, 3.63) is 39.4 Å². The number of halogens is 1. The first kappa shape index (κ1) is 12.8. The van der Waals surface area contributed by atoms with Gasteiger partial charge in [0.2, 0.25) is 0 Å². The second-order valence-corrected chi connectivity index (χ2v) is 4.84. The van der Waals surface area contributed by atoms with E-state index in [0.29, 0.717) is 17.0 Å². The minimum absolute atomic E-state index is 0.0432. The summed E-state index contributed by atoms with van der Waals surface area (Å²) in [6.07, 6.45) is 1.71. The van der Waals surface area contributed by atoms with Gasteiger partial charge in [0.15, 0.2) is 0 Å². The summed E-state index contributed by atoms with van der Waals surface area (Å²) in [5.74, 6) is 0.0709. The molecule has 0 unspecified atom stereocenters. The molecule has 0 bridgehead atoms. The molecular formula is C12H13ClN2O3. The van der Waals surface area contributed by atoms with Crippen molar-refractivity contribution in [2.45, 2.75) is 25.3 Å². The maximum atomic E-state index is 12.1. The van der Waals surface area contributed by atoms with Gasteiger partial charge >= 0.3 is 0 Å². The van der Waals surface area contributed by atoms with Crippen LogP contribution in [-0.2, 0) is 0 Å². The van der Waals surface area contributed by atoms with Gasteiger partial charge in [-0.2, -0.15) is 0 Å². The lowest BCUT2D eigenvalue weighted by atomic mass is 10.1. The number of alkyl halides is 1. The molecule has 1 amide bonds. The number of nitro benzene ring substituents is 1. The molecule has 1 N–H and O–H groups in total. The minimum Gasteiger partial charge on any atom is -0.345 e. The molecule has 0 aliphatic heterocycles. The Hall–Kier alpha value is -1.62. The Kier molecular flexibility index (Phi) is 3.26. The minimum atomic E-state index is -0.486. The third-order valence-electron chi connectivity index (χ3n) is 3.23. The smallest absolute Gasteiger partial charge is 0.273 e. The zero-order valence-electron chi connectivity index (χ0n) is 9.90. The molecule has 1 aromatic rings. The van der Waals surface area contributed by atoms with Gasteiger partial charge in [-0.3, -0.25) is 14.9 Å². The van der Waals surface area contributed by atoms with Gasteiger partial charge in [0.1, 0.15) is 0 Å². The lowest BCUT2D eigenvalue weighted by Crippen LogP contribution is -2.38. The Morgan fingerprint density at radius 2 is 2.22 bits per heavy atom. The van der Waals surface area contributed by atoms with Crippen molar-refractivity contribution < 1.29 is 9.72 Å². The Balaban J connectivity index is 2.25. The second-order valence-electron chi connectivity index (χ2n) is 4.57. The van der Waals surface area contributed by atoms with Gasteiger partial charge in [-0.05, 0) is 25.8 Å². The third kappa shape index (κ3) is 2.31. The first-order chi connectivity index (χ1) is 8.49. The van der Waals surface area contributed by atoms with Gasteiger partial charge in [0.25, 0.3) is 11.6 Å². The standard InChI is InChI=1S/C12H13ClN2O3/c1-8-9(3-2-4-10(8)15(17)18)11(16)14-12(7-13)5-6-12/h2-4H,5-7H2,1H3,(H,14,16). The van der Waals surface area contributed by atoms with Crippen molar-refractivity contribution >= 4 is 23.2 Å². The van der Waals surface area contributed by atoms with Crippen molar-refractivity contribution in [2.75, 3.05) is 5.88 Å². The van der Waals surface area contributed by atoms with Gasteiger partial charge in [-0.1, -0.05) is 6.07 Å². The van der Waals surface area contributed by atoms with Crippen LogP contribution >= 0.6 is 11.6 Å². The number of nitrogens with zero attached hydrogens (tertiary/aromatic N) is 1. The van der Waals surface area contributed by atoms with Crippen molar-refractivity contribution in [3.63, 3.8) is 0 Å². The molecule has 0 aromatic heterocycles. The molecule has 1 aliphatic carbocycles. The van der Waals surface area contributed by atoms with Gasteiger partial charge in [-0.25, -0.2) is 0 Å². The topological polar surface area (TPSA) is 72.2 Å². The fraction of sp³-hybridized carbons (Fsp3) is 0.417. The summed E-state index contributed by atoms with van der Waals surface area (Å²) < 4.78 is 0. The van der Waals surface area contributed by atoms with E-state index in [4.69, 9.17) is 11.6 Å². The lowest BCUT2D eigenvalue weighted by Gasteiger charge is -2.14. The Morgan fingerprint density at radius 3 is 2.72 bits per heavy atom. The maximum absolute atomic E-state index is 12.1. The van der Waals surface area contributed by atoms with Gasteiger partial charge < -0.3 is 5.32 Å². The van der Waals surface area contributed by atoms with Gasteiger partial charge in [-0.15, -0.1) is 11.6 Å². The van der Waals surface area contributed by atoms with Crippen LogP contribution in [0.3, 0.4) is 0 Å². The summed E-state index contributed by atoms with van der Waals surface area (Å²) in [4.78, 5) is 22.4. The average Bonchev–Trinajstić information content (AvgIpc) is 3.09. The van der Waals surface area contributed by atoms with Gasteiger partial charge in [0, 0.05) is 23.1 Å². The number of benzene rings is 1. The third-order valence-corrected chi connectivity index (χ3v) is 3.75. The van der Waals surface area contributed by atoms with Crippen LogP contribution in [0.4, 0.5) is 5.69 Å².